The van der Waals surface area contributed by atoms with Crippen LogP contribution in [0.5, 0.6) is 0 Å². The van der Waals surface area contributed by atoms with Gasteiger partial charge in [-0.05, 0) is 31.4 Å². The van der Waals surface area contributed by atoms with E-state index in [2.05, 4.69) is 0 Å². The first-order valence-corrected chi connectivity index (χ1v) is 8.70. The molecule has 0 aromatic heterocycles. The number of alkyl halides is 3. The molecular formula is C18H25ClF3N3O. The number of rotatable bonds is 3. The van der Waals surface area contributed by atoms with Crippen LogP contribution in [0.15, 0.2) is 30.3 Å². The first-order valence-electron chi connectivity index (χ1n) is 8.70. The van der Waals surface area contributed by atoms with Gasteiger partial charge in [0.25, 0.3) is 0 Å². The number of amides is 1. The molecule has 0 aliphatic carbocycles. The van der Waals surface area contributed by atoms with Crippen LogP contribution in [0, 0.1) is 5.41 Å². The summed E-state index contributed by atoms with van der Waals surface area (Å²) in [6.45, 7) is 0.986. The molecule has 1 amide bonds. The summed E-state index contributed by atoms with van der Waals surface area (Å²) in [6, 6.07) is 9.14. The molecule has 2 unspecified atom stereocenters. The van der Waals surface area contributed by atoms with Crippen LogP contribution in [0.3, 0.4) is 0 Å². The Morgan fingerprint density at radius 2 is 1.92 bits per heavy atom. The molecule has 0 bridgehead atoms. The zero-order chi connectivity index (χ0) is 18.1. The van der Waals surface area contributed by atoms with E-state index in [1.165, 1.54) is 4.90 Å². The maximum absolute atomic E-state index is 13.9. The molecule has 2 fully saturated rings. The second kappa shape index (κ2) is 8.15. The molecule has 0 saturated carbocycles. The van der Waals surface area contributed by atoms with Crippen LogP contribution in [0.1, 0.15) is 24.8 Å². The van der Waals surface area contributed by atoms with E-state index in [4.69, 9.17) is 5.73 Å². The van der Waals surface area contributed by atoms with Crippen molar-refractivity contribution in [1.29, 1.82) is 0 Å². The molecule has 2 heterocycles. The molecule has 2 aliphatic heterocycles. The fourth-order valence-corrected chi connectivity index (χ4v) is 3.89. The van der Waals surface area contributed by atoms with Crippen molar-refractivity contribution in [3.05, 3.63) is 35.9 Å². The maximum atomic E-state index is 13.9. The number of likely N-dealkylation sites (tertiary alicyclic amines) is 2. The van der Waals surface area contributed by atoms with Crippen molar-refractivity contribution in [1.82, 2.24) is 9.80 Å². The monoisotopic (exact) mass is 391 g/mol. The molecule has 2 atom stereocenters. The Morgan fingerprint density at radius 3 is 2.54 bits per heavy atom. The molecule has 1 aromatic carbocycles. The van der Waals surface area contributed by atoms with Crippen molar-refractivity contribution in [3.8, 4) is 0 Å². The van der Waals surface area contributed by atoms with Gasteiger partial charge in [0, 0.05) is 32.2 Å². The summed E-state index contributed by atoms with van der Waals surface area (Å²) in [4.78, 5) is 15.9. The highest BCUT2D eigenvalue weighted by Crippen LogP contribution is 2.47. The molecule has 2 aliphatic rings. The molecule has 146 valence electrons. The Labute approximate surface area is 157 Å². The third-order valence-corrected chi connectivity index (χ3v) is 5.29. The van der Waals surface area contributed by atoms with Crippen molar-refractivity contribution < 1.29 is 18.0 Å². The Morgan fingerprint density at radius 1 is 1.23 bits per heavy atom. The molecule has 3 rings (SSSR count). The van der Waals surface area contributed by atoms with Gasteiger partial charge in [-0.3, -0.25) is 9.69 Å². The largest absolute Gasteiger partial charge is 0.404 e. The van der Waals surface area contributed by atoms with Gasteiger partial charge in [-0.2, -0.15) is 13.2 Å². The maximum Gasteiger partial charge on any atom is 0.404 e. The number of benzene rings is 1. The number of halogens is 4. The van der Waals surface area contributed by atoms with E-state index in [0.29, 0.717) is 19.5 Å². The van der Waals surface area contributed by atoms with Crippen molar-refractivity contribution >= 4 is 18.3 Å². The first-order chi connectivity index (χ1) is 11.8. The van der Waals surface area contributed by atoms with Crippen LogP contribution in [-0.4, -0.2) is 54.1 Å². The Kier molecular flexibility index (Phi) is 6.58. The van der Waals surface area contributed by atoms with Crippen LogP contribution < -0.4 is 5.73 Å². The lowest BCUT2D eigenvalue weighted by Gasteiger charge is -2.39. The standard InChI is InChI=1S/C18H24F3N3O.ClH/c19-18(20,21)17(16(25)24-9-4-7-15(22)12-24)8-10-23(13-17)11-14-5-2-1-3-6-14;/h1-3,5-6,15H,4,7-13,22H2;1H. The predicted molar refractivity (Wildman–Crippen MR) is 95.9 cm³/mol. The lowest BCUT2D eigenvalue weighted by molar-refractivity contribution is -0.224. The van der Waals surface area contributed by atoms with Gasteiger partial charge in [-0.15, -0.1) is 12.4 Å². The molecule has 4 nitrogen and oxygen atoms in total. The molecular weight excluding hydrogens is 367 g/mol. The minimum absolute atomic E-state index is 0. The van der Waals surface area contributed by atoms with Gasteiger partial charge in [0.15, 0.2) is 5.41 Å². The number of carbonyl (C=O) groups excluding carboxylic acids is 1. The van der Waals surface area contributed by atoms with Gasteiger partial charge >= 0.3 is 6.18 Å². The van der Waals surface area contributed by atoms with Gasteiger partial charge in [-0.25, -0.2) is 0 Å². The van der Waals surface area contributed by atoms with Crippen LogP contribution in [0.2, 0.25) is 0 Å². The third kappa shape index (κ3) is 4.15. The van der Waals surface area contributed by atoms with Crippen LogP contribution in [-0.2, 0) is 11.3 Å². The summed E-state index contributed by atoms with van der Waals surface area (Å²) in [5.41, 5.74) is 4.50. The summed E-state index contributed by atoms with van der Waals surface area (Å²) in [7, 11) is 0. The number of piperidine rings is 1. The number of hydrogen-bond donors (Lipinski definition) is 1. The van der Waals surface area contributed by atoms with E-state index in [1.807, 2.05) is 30.3 Å². The van der Waals surface area contributed by atoms with Crippen molar-refractivity contribution in [2.75, 3.05) is 26.2 Å². The molecule has 0 spiro atoms. The summed E-state index contributed by atoms with van der Waals surface area (Å²) >= 11 is 0. The van der Waals surface area contributed by atoms with E-state index in [0.717, 1.165) is 12.0 Å². The molecule has 2 saturated heterocycles. The highest BCUT2D eigenvalue weighted by molar-refractivity contribution is 5.85. The van der Waals surface area contributed by atoms with E-state index in [-0.39, 0.29) is 44.5 Å². The number of hydrogen-bond acceptors (Lipinski definition) is 3. The average molecular weight is 392 g/mol. The highest BCUT2D eigenvalue weighted by atomic mass is 35.5. The molecule has 0 radical (unpaired) electrons. The summed E-state index contributed by atoms with van der Waals surface area (Å²) < 4.78 is 41.8. The summed E-state index contributed by atoms with van der Waals surface area (Å²) in [6.07, 6.45) is -3.33. The summed E-state index contributed by atoms with van der Waals surface area (Å²) in [5, 5.41) is 0. The molecule has 1 aromatic rings. The second-order valence-electron chi connectivity index (χ2n) is 7.18. The fourth-order valence-electron chi connectivity index (χ4n) is 3.89. The SMILES string of the molecule is Cl.NC1CCCN(C(=O)C2(C(F)(F)F)CCN(Cc3ccccc3)C2)C1. The van der Waals surface area contributed by atoms with Crippen LogP contribution >= 0.6 is 12.4 Å². The minimum Gasteiger partial charge on any atom is -0.340 e. The lowest BCUT2D eigenvalue weighted by atomic mass is 9.83. The zero-order valence-electron chi connectivity index (χ0n) is 14.5. The van der Waals surface area contributed by atoms with E-state index in [1.54, 1.807) is 4.90 Å². The minimum atomic E-state index is -4.56. The van der Waals surface area contributed by atoms with Gasteiger partial charge in [0.05, 0.1) is 0 Å². The highest BCUT2D eigenvalue weighted by Gasteiger charge is 2.64. The lowest BCUT2D eigenvalue weighted by Crippen LogP contribution is -2.57. The molecule has 2 N–H and O–H groups in total. The third-order valence-electron chi connectivity index (χ3n) is 5.29. The Hall–Kier alpha value is -1.31. The van der Waals surface area contributed by atoms with E-state index in [9.17, 15) is 18.0 Å². The predicted octanol–water partition coefficient (Wildman–Crippen LogP) is 2.81. The fraction of sp³-hybridized carbons (Fsp3) is 0.611. The van der Waals surface area contributed by atoms with E-state index >= 15 is 0 Å². The Balaban J connectivity index is 0.00000243. The van der Waals surface area contributed by atoms with Crippen LogP contribution in [0.25, 0.3) is 0 Å². The van der Waals surface area contributed by atoms with Gasteiger partial charge < -0.3 is 10.6 Å². The molecule has 8 heteroatoms. The zero-order valence-corrected chi connectivity index (χ0v) is 15.4. The topological polar surface area (TPSA) is 49.6 Å². The van der Waals surface area contributed by atoms with Crippen molar-refractivity contribution in [2.45, 2.75) is 38.0 Å². The van der Waals surface area contributed by atoms with E-state index < -0.39 is 17.5 Å². The molecule has 26 heavy (non-hydrogen) atoms. The van der Waals surface area contributed by atoms with Gasteiger partial charge in [0.1, 0.15) is 0 Å². The smallest absolute Gasteiger partial charge is 0.340 e. The average Bonchev–Trinajstić information content (AvgIpc) is 3.00. The first kappa shape index (κ1) is 21.0. The Bertz CT molecular complexity index is 613. The quantitative estimate of drug-likeness (QED) is 0.862. The second-order valence-corrected chi connectivity index (χ2v) is 7.18. The van der Waals surface area contributed by atoms with Gasteiger partial charge in [-0.1, -0.05) is 30.3 Å². The van der Waals surface area contributed by atoms with Gasteiger partial charge in [0.2, 0.25) is 5.91 Å². The number of nitrogens with two attached hydrogens (primary N) is 1. The van der Waals surface area contributed by atoms with Crippen molar-refractivity contribution in [3.63, 3.8) is 0 Å². The van der Waals surface area contributed by atoms with Crippen molar-refractivity contribution in [2.24, 2.45) is 11.1 Å². The number of nitrogens with zero attached hydrogens (tertiary/aromatic N) is 2. The number of carbonyl (C=O) groups is 1. The normalized spacial score (nSPS) is 27.2. The summed E-state index contributed by atoms with van der Waals surface area (Å²) in [5.74, 6) is -0.800. The van der Waals surface area contributed by atoms with Crippen LogP contribution in [0.4, 0.5) is 13.2 Å².